The highest BCUT2D eigenvalue weighted by Crippen LogP contribution is 2.23. The molecule has 3 nitrogen and oxygen atoms in total. The molecule has 0 radical (unpaired) electrons. The molecule has 0 unspecified atom stereocenters. The van der Waals surface area contributed by atoms with Gasteiger partial charge in [0.05, 0.1) is 16.1 Å². The number of halogens is 2. The number of benzene rings is 1. The van der Waals surface area contributed by atoms with Crippen molar-refractivity contribution >= 4 is 51.1 Å². The Morgan fingerprint density at radius 3 is 2.80 bits per heavy atom. The van der Waals surface area contributed by atoms with Crippen molar-refractivity contribution in [1.29, 1.82) is 0 Å². The smallest absolute Gasteiger partial charge is 0.335 e. The SMILES string of the molecule is O=C(O)c1cc(I)c2ncc(Cl)cc2c1. The van der Waals surface area contributed by atoms with Gasteiger partial charge in [-0.25, -0.2) is 4.79 Å². The van der Waals surface area contributed by atoms with E-state index >= 15 is 0 Å². The van der Waals surface area contributed by atoms with Crippen molar-refractivity contribution in [1.82, 2.24) is 4.98 Å². The van der Waals surface area contributed by atoms with E-state index in [1.165, 1.54) is 0 Å². The second kappa shape index (κ2) is 3.94. The van der Waals surface area contributed by atoms with Gasteiger partial charge in [0.15, 0.2) is 0 Å². The maximum atomic E-state index is 10.8. The first-order chi connectivity index (χ1) is 7.08. The maximum absolute atomic E-state index is 10.8. The average molecular weight is 334 g/mol. The minimum atomic E-state index is -0.949. The summed E-state index contributed by atoms with van der Waals surface area (Å²) in [5.41, 5.74) is 1.01. The second-order valence-corrected chi connectivity index (χ2v) is 4.59. The van der Waals surface area contributed by atoms with E-state index in [1.807, 2.05) is 0 Å². The Labute approximate surface area is 104 Å². The molecule has 1 aromatic heterocycles. The quantitative estimate of drug-likeness (QED) is 0.816. The summed E-state index contributed by atoms with van der Waals surface area (Å²) in [5, 5.41) is 10.1. The zero-order chi connectivity index (χ0) is 11.0. The average Bonchev–Trinajstić information content (AvgIpc) is 2.16. The molecule has 0 fully saturated rings. The first-order valence-electron chi connectivity index (χ1n) is 4.06. The van der Waals surface area contributed by atoms with Crippen molar-refractivity contribution in [3.8, 4) is 0 Å². The highest BCUT2D eigenvalue weighted by atomic mass is 127. The Morgan fingerprint density at radius 1 is 1.40 bits per heavy atom. The van der Waals surface area contributed by atoms with E-state index in [4.69, 9.17) is 16.7 Å². The van der Waals surface area contributed by atoms with Gasteiger partial charge in [-0.3, -0.25) is 4.98 Å². The molecular weight excluding hydrogens is 328 g/mol. The van der Waals surface area contributed by atoms with Gasteiger partial charge >= 0.3 is 5.97 Å². The van der Waals surface area contributed by atoms with Crippen molar-refractivity contribution in [2.45, 2.75) is 0 Å². The number of pyridine rings is 1. The molecule has 5 heteroatoms. The Kier molecular flexibility index (Phi) is 2.79. The standard InChI is InChI=1S/C10H5ClINO2/c11-7-2-5-1-6(10(14)15)3-8(12)9(5)13-4-7/h1-4H,(H,14,15). The van der Waals surface area contributed by atoms with E-state index in [0.717, 1.165) is 14.5 Å². The topological polar surface area (TPSA) is 50.2 Å². The molecule has 0 bridgehead atoms. The minimum Gasteiger partial charge on any atom is -0.478 e. The second-order valence-electron chi connectivity index (χ2n) is 2.99. The predicted molar refractivity (Wildman–Crippen MR) is 66.4 cm³/mol. The summed E-state index contributed by atoms with van der Waals surface area (Å²) in [7, 11) is 0. The molecule has 2 aromatic rings. The first-order valence-corrected chi connectivity index (χ1v) is 5.51. The summed E-state index contributed by atoms with van der Waals surface area (Å²) in [6, 6.07) is 4.86. The van der Waals surface area contributed by atoms with Crippen LogP contribution in [0.3, 0.4) is 0 Å². The number of hydrogen-bond acceptors (Lipinski definition) is 2. The summed E-state index contributed by atoms with van der Waals surface area (Å²) in [4.78, 5) is 15.0. The Balaban J connectivity index is 2.79. The van der Waals surface area contributed by atoms with Crippen molar-refractivity contribution in [3.05, 3.63) is 38.6 Å². The zero-order valence-corrected chi connectivity index (χ0v) is 10.3. The molecule has 0 aliphatic heterocycles. The molecule has 2 rings (SSSR count). The predicted octanol–water partition coefficient (Wildman–Crippen LogP) is 3.19. The number of carbonyl (C=O) groups is 1. The highest BCUT2D eigenvalue weighted by Gasteiger charge is 2.08. The van der Waals surface area contributed by atoms with Gasteiger partial charge in [-0.2, -0.15) is 0 Å². The lowest BCUT2D eigenvalue weighted by Gasteiger charge is -2.02. The number of aromatic carboxylic acids is 1. The Bertz CT molecular complexity index is 556. The molecule has 0 spiro atoms. The van der Waals surface area contributed by atoms with Crippen LogP contribution in [-0.4, -0.2) is 16.1 Å². The van der Waals surface area contributed by atoms with Crippen molar-refractivity contribution in [3.63, 3.8) is 0 Å². The third-order valence-corrected chi connectivity index (χ3v) is 2.98. The number of aromatic nitrogens is 1. The fraction of sp³-hybridized carbons (Fsp3) is 0. The Hall–Kier alpha value is -0.880. The third-order valence-electron chi connectivity index (χ3n) is 1.95. The summed E-state index contributed by atoms with van der Waals surface area (Å²) >= 11 is 7.85. The molecule has 0 atom stereocenters. The van der Waals surface area contributed by atoms with Gasteiger partial charge in [0.2, 0.25) is 0 Å². The molecule has 1 N–H and O–H groups in total. The largest absolute Gasteiger partial charge is 0.478 e. The van der Waals surface area contributed by atoms with Gasteiger partial charge in [-0.15, -0.1) is 0 Å². The molecule has 15 heavy (non-hydrogen) atoms. The fourth-order valence-electron chi connectivity index (χ4n) is 1.30. The van der Waals surface area contributed by atoms with Gasteiger partial charge in [-0.1, -0.05) is 11.6 Å². The monoisotopic (exact) mass is 333 g/mol. The van der Waals surface area contributed by atoms with E-state index < -0.39 is 5.97 Å². The molecular formula is C10H5ClINO2. The number of hydrogen-bond donors (Lipinski definition) is 1. The first kappa shape index (κ1) is 10.6. The van der Waals surface area contributed by atoms with Gasteiger partial charge < -0.3 is 5.11 Å². The number of carboxylic acid groups (broad SMARTS) is 1. The highest BCUT2D eigenvalue weighted by molar-refractivity contribution is 14.1. The van der Waals surface area contributed by atoms with Crippen molar-refractivity contribution < 1.29 is 9.90 Å². The van der Waals surface area contributed by atoms with Gasteiger partial charge in [0.25, 0.3) is 0 Å². The van der Waals surface area contributed by atoms with E-state index in [2.05, 4.69) is 27.6 Å². The summed E-state index contributed by atoms with van der Waals surface area (Å²) in [6.45, 7) is 0. The van der Waals surface area contributed by atoms with Gasteiger partial charge in [0.1, 0.15) is 0 Å². The van der Waals surface area contributed by atoms with Crippen molar-refractivity contribution in [2.75, 3.05) is 0 Å². The molecule has 0 amide bonds. The molecule has 0 saturated carbocycles. The van der Waals surface area contributed by atoms with Crippen LogP contribution in [0.5, 0.6) is 0 Å². The van der Waals surface area contributed by atoms with E-state index in [1.54, 1.807) is 24.4 Å². The van der Waals surface area contributed by atoms with Crippen LogP contribution >= 0.6 is 34.2 Å². The van der Waals surface area contributed by atoms with Crippen LogP contribution in [0.2, 0.25) is 5.02 Å². The van der Waals surface area contributed by atoms with Crippen LogP contribution in [-0.2, 0) is 0 Å². The summed E-state index contributed by atoms with van der Waals surface area (Å²) in [5.74, 6) is -0.949. The van der Waals surface area contributed by atoms with Gasteiger partial charge in [0, 0.05) is 15.2 Å². The third kappa shape index (κ3) is 2.05. The van der Waals surface area contributed by atoms with Crippen LogP contribution in [0, 0.1) is 3.57 Å². The zero-order valence-electron chi connectivity index (χ0n) is 7.37. The molecule has 0 aliphatic rings. The van der Waals surface area contributed by atoms with Crippen LogP contribution in [0.4, 0.5) is 0 Å². The van der Waals surface area contributed by atoms with Gasteiger partial charge in [-0.05, 0) is 40.8 Å². The lowest BCUT2D eigenvalue weighted by Crippen LogP contribution is -1.97. The number of fused-ring (bicyclic) bond motifs is 1. The summed E-state index contributed by atoms with van der Waals surface area (Å²) < 4.78 is 0.805. The molecule has 1 heterocycles. The van der Waals surface area contributed by atoms with E-state index in [0.29, 0.717) is 5.02 Å². The van der Waals surface area contributed by atoms with Crippen LogP contribution in [0.25, 0.3) is 10.9 Å². The molecule has 0 aliphatic carbocycles. The van der Waals surface area contributed by atoms with E-state index in [9.17, 15) is 4.79 Å². The number of carboxylic acids is 1. The normalized spacial score (nSPS) is 10.5. The molecule has 1 aromatic carbocycles. The minimum absolute atomic E-state index is 0.246. The lowest BCUT2D eigenvalue weighted by molar-refractivity contribution is 0.0697. The number of rotatable bonds is 1. The Morgan fingerprint density at radius 2 is 2.13 bits per heavy atom. The lowest BCUT2D eigenvalue weighted by atomic mass is 10.1. The van der Waals surface area contributed by atoms with E-state index in [-0.39, 0.29) is 5.56 Å². The fourth-order valence-corrected chi connectivity index (χ4v) is 2.25. The van der Waals surface area contributed by atoms with Crippen LogP contribution in [0.15, 0.2) is 24.4 Å². The maximum Gasteiger partial charge on any atom is 0.335 e. The van der Waals surface area contributed by atoms with Crippen molar-refractivity contribution in [2.24, 2.45) is 0 Å². The van der Waals surface area contributed by atoms with Crippen LogP contribution < -0.4 is 0 Å². The molecule has 0 saturated heterocycles. The number of nitrogens with zero attached hydrogens (tertiary/aromatic N) is 1. The summed E-state index contributed by atoms with van der Waals surface area (Å²) in [6.07, 6.45) is 1.55. The molecule has 76 valence electrons. The van der Waals surface area contributed by atoms with Crippen LogP contribution in [0.1, 0.15) is 10.4 Å².